The number of hydrogen-bond acceptors (Lipinski definition) is 18. The summed E-state index contributed by atoms with van der Waals surface area (Å²) in [4.78, 5) is 15.0. The Bertz CT molecular complexity index is 1780. The monoisotopic (exact) mass is 929 g/mol. The standard InChI is InChI=1S/C47H76O18/c1-21-10-15-47(41(58)65-40-36(57)33(54)31(52)25(63-40)20-61-38-35(56)32(53)30(51)24(18-48)62-38)17-16-44(5)22(37(47)46(21,7)59)8-9-27-43(4)13-12-28(42(2,3)26(43)11-14-45(27,44)6)64-39-34(55)29(50)23(49)19-60-39/h8,21,23-40,48-57,59H,9-20H2,1-7H3/t21-,23+,24-,25-,26+,27-,28+,29+,30-,31-,32-,33+,34-,35-,36-,37-,38-,39+,40+,43+,44-,45-,46-,47+/m1/s1. The van der Waals surface area contributed by atoms with Crippen molar-refractivity contribution in [2.45, 2.75) is 204 Å². The molecule has 0 aromatic heterocycles. The van der Waals surface area contributed by atoms with Gasteiger partial charge in [0.25, 0.3) is 0 Å². The quantitative estimate of drug-likeness (QED) is 0.0850. The van der Waals surface area contributed by atoms with E-state index in [9.17, 15) is 56.2 Å². The molecule has 0 bridgehead atoms. The van der Waals surface area contributed by atoms with Gasteiger partial charge in [0.2, 0.25) is 6.29 Å². The molecule has 0 unspecified atom stereocenters. The molecule has 65 heavy (non-hydrogen) atoms. The van der Waals surface area contributed by atoms with Gasteiger partial charge in [-0.05, 0) is 104 Å². The van der Waals surface area contributed by atoms with E-state index >= 15 is 4.79 Å². The molecular formula is C47H76O18. The van der Waals surface area contributed by atoms with Crippen molar-refractivity contribution < 1.29 is 89.4 Å². The largest absolute Gasteiger partial charge is 0.432 e. The third kappa shape index (κ3) is 7.62. The van der Waals surface area contributed by atoms with Gasteiger partial charge in [-0.3, -0.25) is 4.79 Å². The SMILES string of the molecule is C[C@@H]1CC[C@]2(C(=O)O[C@@H]3O[C@H](CO[C@@H]4O[C@H](CO)[C@@H](O)[C@@H](O)[C@H]4O)[C@@H](O)[C@H](O)[C@H]3O)CC[C@]3(C)C(=CC[C@@H]4[C@@]5(C)CC[C@H](O[C@@H]6OC[C@H](O)[C@H](O)[C@H]6O)C(C)(C)[C@@H]5CC[C@]43C)[C@@H]2[C@]1(C)O. The minimum Gasteiger partial charge on any atom is -0.432 e. The van der Waals surface area contributed by atoms with Gasteiger partial charge in [0, 0.05) is 5.92 Å². The predicted molar refractivity (Wildman–Crippen MR) is 226 cm³/mol. The Kier molecular flexibility index (Phi) is 13.4. The van der Waals surface area contributed by atoms with Gasteiger partial charge in [-0.25, -0.2) is 0 Å². The zero-order valence-corrected chi connectivity index (χ0v) is 38.8. The Balaban J connectivity index is 1.03. The summed E-state index contributed by atoms with van der Waals surface area (Å²) < 4.78 is 35.2. The van der Waals surface area contributed by atoms with E-state index in [0.717, 1.165) is 31.3 Å². The van der Waals surface area contributed by atoms with Crippen LogP contribution in [0.3, 0.4) is 0 Å². The fraction of sp³-hybridized carbons (Fsp3) is 0.936. The highest BCUT2D eigenvalue weighted by Crippen LogP contribution is 2.76. The number of rotatable bonds is 8. The van der Waals surface area contributed by atoms with Gasteiger partial charge in [-0.2, -0.15) is 0 Å². The van der Waals surface area contributed by atoms with Crippen molar-refractivity contribution in [3.8, 4) is 0 Å². The lowest BCUT2D eigenvalue weighted by Gasteiger charge is -2.72. The maximum atomic E-state index is 15.0. The van der Waals surface area contributed by atoms with E-state index < -0.39 is 128 Å². The smallest absolute Gasteiger partial charge is 0.315 e. The first-order valence-corrected chi connectivity index (χ1v) is 23.9. The number of esters is 1. The van der Waals surface area contributed by atoms with Gasteiger partial charge in [0.1, 0.15) is 67.1 Å². The minimum absolute atomic E-state index is 0.123. The summed E-state index contributed by atoms with van der Waals surface area (Å²) in [5, 5.41) is 117. The molecule has 11 N–H and O–H groups in total. The van der Waals surface area contributed by atoms with Crippen LogP contribution in [-0.2, 0) is 33.2 Å². The highest BCUT2D eigenvalue weighted by molar-refractivity contribution is 5.79. The molecule has 5 aliphatic carbocycles. The summed E-state index contributed by atoms with van der Waals surface area (Å²) in [6.45, 7) is 13.9. The minimum atomic E-state index is -1.86. The molecule has 8 rings (SSSR count). The Hall–Kier alpha value is -1.43. The summed E-state index contributed by atoms with van der Waals surface area (Å²) >= 11 is 0. The van der Waals surface area contributed by atoms with Gasteiger partial charge in [0.15, 0.2) is 12.6 Å². The average Bonchev–Trinajstić information content (AvgIpc) is 3.25. The molecule has 0 aromatic rings. The molecular weight excluding hydrogens is 852 g/mol. The second-order valence-electron chi connectivity index (χ2n) is 22.7. The van der Waals surface area contributed by atoms with Gasteiger partial charge in [-0.1, -0.05) is 53.2 Å². The Morgan fingerprint density at radius 3 is 2.02 bits per heavy atom. The van der Waals surface area contributed by atoms with Crippen LogP contribution in [-0.4, -0.2) is 180 Å². The van der Waals surface area contributed by atoms with Gasteiger partial charge < -0.3 is 84.6 Å². The molecule has 8 aliphatic rings. The molecule has 24 atom stereocenters. The van der Waals surface area contributed by atoms with Gasteiger partial charge in [0.05, 0.1) is 36.9 Å². The second-order valence-corrected chi connectivity index (χ2v) is 22.7. The van der Waals surface area contributed by atoms with Crippen LogP contribution in [0.25, 0.3) is 0 Å². The highest BCUT2D eigenvalue weighted by Gasteiger charge is 2.72. The number of carbonyl (C=O) groups excluding carboxylic acids is 1. The summed E-state index contributed by atoms with van der Waals surface area (Å²) in [6, 6.07) is 0. The first-order valence-electron chi connectivity index (χ1n) is 23.9. The summed E-state index contributed by atoms with van der Waals surface area (Å²) in [5.41, 5.74) is -2.67. The molecule has 3 saturated heterocycles. The fourth-order valence-corrected chi connectivity index (χ4v) is 14.9. The van der Waals surface area contributed by atoms with Crippen molar-refractivity contribution in [3.63, 3.8) is 0 Å². The highest BCUT2D eigenvalue weighted by atomic mass is 16.7. The lowest BCUT2D eigenvalue weighted by atomic mass is 9.33. The maximum Gasteiger partial charge on any atom is 0.315 e. The molecule has 3 heterocycles. The van der Waals surface area contributed by atoms with E-state index in [0.29, 0.717) is 32.1 Å². The van der Waals surface area contributed by atoms with E-state index in [1.807, 2.05) is 6.92 Å². The van der Waals surface area contributed by atoms with Crippen LogP contribution in [0.1, 0.15) is 106 Å². The van der Waals surface area contributed by atoms with Crippen LogP contribution in [0.2, 0.25) is 0 Å². The van der Waals surface area contributed by atoms with Crippen molar-refractivity contribution >= 4 is 5.97 Å². The number of hydrogen-bond donors (Lipinski definition) is 11. The summed E-state index contributed by atoms with van der Waals surface area (Å²) in [5.74, 6) is -1.07. The van der Waals surface area contributed by atoms with E-state index in [4.69, 9.17) is 28.4 Å². The van der Waals surface area contributed by atoms with Crippen molar-refractivity contribution in [1.82, 2.24) is 0 Å². The third-order valence-electron chi connectivity index (χ3n) is 19.3. The van der Waals surface area contributed by atoms with E-state index in [1.54, 1.807) is 6.92 Å². The van der Waals surface area contributed by atoms with Crippen LogP contribution in [0.4, 0.5) is 0 Å². The lowest BCUT2D eigenvalue weighted by Crippen LogP contribution is -2.68. The summed E-state index contributed by atoms with van der Waals surface area (Å²) in [7, 11) is 0. The molecule has 4 saturated carbocycles. The van der Waals surface area contributed by atoms with Gasteiger partial charge in [-0.15, -0.1) is 0 Å². The van der Waals surface area contributed by atoms with Gasteiger partial charge >= 0.3 is 5.97 Å². The molecule has 18 nitrogen and oxygen atoms in total. The number of ether oxygens (including phenoxy) is 6. The van der Waals surface area contributed by atoms with Crippen LogP contribution in [0, 0.1) is 50.7 Å². The first-order chi connectivity index (χ1) is 30.3. The number of carbonyl (C=O) groups is 1. The zero-order chi connectivity index (χ0) is 47.6. The predicted octanol–water partition coefficient (Wildman–Crippen LogP) is -0.250. The Morgan fingerprint density at radius 2 is 1.34 bits per heavy atom. The number of aliphatic hydroxyl groups excluding tert-OH is 10. The van der Waals surface area contributed by atoms with Crippen LogP contribution in [0.5, 0.6) is 0 Å². The lowest BCUT2D eigenvalue weighted by molar-refractivity contribution is -0.329. The normalized spacial score (nSPS) is 55.4. The molecule has 0 radical (unpaired) electrons. The van der Waals surface area contributed by atoms with Crippen LogP contribution >= 0.6 is 0 Å². The average molecular weight is 929 g/mol. The van der Waals surface area contributed by atoms with Crippen molar-refractivity contribution in [2.75, 3.05) is 19.8 Å². The van der Waals surface area contributed by atoms with E-state index in [1.165, 1.54) is 0 Å². The Labute approximate surface area is 380 Å². The van der Waals surface area contributed by atoms with Crippen molar-refractivity contribution in [3.05, 3.63) is 11.6 Å². The Morgan fingerprint density at radius 1 is 0.708 bits per heavy atom. The van der Waals surface area contributed by atoms with Crippen LogP contribution in [0.15, 0.2) is 11.6 Å². The topological polar surface area (TPSA) is 295 Å². The molecule has 0 aromatic carbocycles. The molecule has 0 amide bonds. The number of allylic oxidation sites excluding steroid dienone is 1. The first kappa shape index (κ1) is 50.0. The van der Waals surface area contributed by atoms with Crippen LogP contribution < -0.4 is 0 Å². The van der Waals surface area contributed by atoms with E-state index in [-0.39, 0.29) is 46.7 Å². The van der Waals surface area contributed by atoms with Crippen molar-refractivity contribution in [1.29, 1.82) is 0 Å². The zero-order valence-electron chi connectivity index (χ0n) is 38.8. The second kappa shape index (κ2) is 17.5. The summed E-state index contributed by atoms with van der Waals surface area (Å²) in [6.07, 6.45) is -13.6. The third-order valence-corrected chi connectivity index (χ3v) is 19.3. The van der Waals surface area contributed by atoms with E-state index in [2.05, 4.69) is 40.7 Å². The molecule has 7 fully saturated rings. The molecule has 18 heteroatoms. The number of fused-ring (bicyclic) bond motifs is 7. The molecule has 3 aliphatic heterocycles. The fourth-order valence-electron chi connectivity index (χ4n) is 14.9. The van der Waals surface area contributed by atoms with Crippen molar-refractivity contribution in [2.24, 2.45) is 50.7 Å². The maximum absolute atomic E-state index is 15.0. The molecule has 372 valence electrons. The number of aliphatic hydroxyl groups is 11. The molecule has 0 spiro atoms.